The van der Waals surface area contributed by atoms with Gasteiger partial charge in [0.2, 0.25) is 9.74 Å². The summed E-state index contributed by atoms with van der Waals surface area (Å²) in [4.78, 5) is 16.9. The molecule has 0 unspecified atom stereocenters. The molecule has 0 aliphatic heterocycles. The van der Waals surface area contributed by atoms with E-state index in [-0.39, 0.29) is 5.82 Å². The van der Waals surface area contributed by atoms with E-state index in [0.29, 0.717) is 18.3 Å². The first kappa shape index (κ1) is 17.9. The first-order valence-electron chi connectivity index (χ1n) is 7.45. The summed E-state index contributed by atoms with van der Waals surface area (Å²) in [6, 6.07) is 11.6. The molecule has 25 heavy (non-hydrogen) atoms. The lowest BCUT2D eigenvalue weighted by Crippen LogP contribution is -2.13. The molecule has 0 fully saturated rings. The smallest absolute Gasteiger partial charge is 0.250 e. The Labute approximate surface area is 160 Å². The van der Waals surface area contributed by atoms with Crippen LogP contribution in [0.5, 0.6) is 0 Å². The number of aryl methyl sites for hydroxylation is 1. The van der Waals surface area contributed by atoms with Crippen LogP contribution in [0.1, 0.15) is 17.0 Å². The molecule has 0 bridgehead atoms. The van der Waals surface area contributed by atoms with E-state index in [0.717, 1.165) is 16.7 Å². The zero-order chi connectivity index (χ0) is 17.9. The molecule has 0 aliphatic rings. The average Bonchev–Trinajstić information content (AvgIpc) is 2.60. The first-order valence-corrected chi connectivity index (χ1v) is 8.58. The molecular weight excluding hydrogens is 381 g/mol. The molecule has 0 amide bonds. The van der Waals surface area contributed by atoms with Crippen LogP contribution in [0.2, 0.25) is 0 Å². The average molecular weight is 395 g/mol. The standard InChI is InChI=1S/C17H14Cl3N5/c1-11-2-4-13(5-3-11)14-23-15(17(18,19)20)25-16(24-14)22-10-12-6-8-21-9-7-12/h2-9H,10H2,1H3,(H,22,23,24,25). The summed E-state index contributed by atoms with van der Waals surface area (Å²) in [7, 11) is 0. The molecule has 0 radical (unpaired) electrons. The quantitative estimate of drug-likeness (QED) is 0.651. The molecule has 1 aromatic carbocycles. The number of halogens is 3. The van der Waals surface area contributed by atoms with Gasteiger partial charge in [0.05, 0.1) is 0 Å². The van der Waals surface area contributed by atoms with E-state index in [9.17, 15) is 0 Å². The summed E-state index contributed by atoms with van der Waals surface area (Å²) in [6.07, 6.45) is 3.43. The van der Waals surface area contributed by atoms with Crippen LogP contribution >= 0.6 is 34.8 Å². The van der Waals surface area contributed by atoms with Gasteiger partial charge >= 0.3 is 0 Å². The minimum atomic E-state index is -1.74. The van der Waals surface area contributed by atoms with E-state index >= 15 is 0 Å². The Morgan fingerprint density at radius 2 is 1.60 bits per heavy atom. The van der Waals surface area contributed by atoms with Crippen LogP contribution in [0.4, 0.5) is 5.95 Å². The normalized spacial score (nSPS) is 11.4. The third-order valence-electron chi connectivity index (χ3n) is 3.40. The summed E-state index contributed by atoms with van der Waals surface area (Å²) < 4.78 is -1.74. The van der Waals surface area contributed by atoms with Gasteiger partial charge in [0.15, 0.2) is 11.6 Å². The molecule has 0 spiro atoms. The van der Waals surface area contributed by atoms with Crippen LogP contribution in [0, 0.1) is 6.92 Å². The molecule has 3 rings (SSSR count). The molecule has 0 aliphatic carbocycles. The number of aromatic nitrogens is 4. The van der Waals surface area contributed by atoms with Crippen molar-refractivity contribution < 1.29 is 0 Å². The van der Waals surface area contributed by atoms with Crippen molar-refractivity contribution in [3.63, 3.8) is 0 Å². The van der Waals surface area contributed by atoms with Gasteiger partial charge in [-0.25, -0.2) is 4.98 Å². The Hall–Kier alpha value is -1.95. The van der Waals surface area contributed by atoms with Crippen LogP contribution in [0.25, 0.3) is 11.4 Å². The van der Waals surface area contributed by atoms with Gasteiger partial charge in [-0.3, -0.25) is 4.98 Å². The second-order valence-electron chi connectivity index (χ2n) is 5.38. The number of anilines is 1. The maximum Gasteiger partial charge on any atom is 0.250 e. The van der Waals surface area contributed by atoms with Crippen molar-refractivity contribution in [2.24, 2.45) is 0 Å². The van der Waals surface area contributed by atoms with Crippen LogP contribution in [-0.2, 0) is 10.3 Å². The Kier molecular flexibility index (Phi) is 5.37. The van der Waals surface area contributed by atoms with E-state index in [4.69, 9.17) is 34.8 Å². The van der Waals surface area contributed by atoms with Gasteiger partial charge in [0.1, 0.15) is 0 Å². The van der Waals surface area contributed by atoms with Crippen molar-refractivity contribution in [2.45, 2.75) is 17.3 Å². The molecule has 5 nitrogen and oxygen atoms in total. The number of rotatable bonds is 4. The number of hydrogen-bond donors (Lipinski definition) is 1. The minimum Gasteiger partial charge on any atom is -0.350 e. The zero-order valence-corrected chi connectivity index (χ0v) is 15.5. The predicted molar refractivity (Wildman–Crippen MR) is 101 cm³/mol. The van der Waals surface area contributed by atoms with Gasteiger partial charge in [-0.05, 0) is 24.6 Å². The van der Waals surface area contributed by atoms with E-state index in [2.05, 4.69) is 25.3 Å². The fourth-order valence-electron chi connectivity index (χ4n) is 2.10. The largest absolute Gasteiger partial charge is 0.350 e. The highest BCUT2D eigenvalue weighted by Crippen LogP contribution is 2.36. The predicted octanol–water partition coefficient (Wildman–Crippen LogP) is 4.68. The van der Waals surface area contributed by atoms with Crippen LogP contribution in [0.15, 0.2) is 48.8 Å². The number of nitrogens with zero attached hydrogens (tertiary/aromatic N) is 4. The molecule has 0 saturated carbocycles. The second kappa shape index (κ2) is 7.52. The number of nitrogens with one attached hydrogen (secondary N) is 1. The SMILES string of the molecule is Cc1ccc(-c2nc(NCc3ccncc3)nc(C(Cl)(Cl)Cl)n2)cc1. The molecule has 128 valence electrons. The molecule has 8 heteroatoms. The summed E-state index contributed by atoms with van der Waals surface area (Å²) in [5.74, 6) is 0.845. The third kappa shape index (κ3) is 4.78. The summed E-state index contributed by atoms with van der Waals surface area (Å²) >= 11 is 17.9. The van der Waals surface area contributed by atoms with Crippen LogP contribution in [0.3, 0.4) is 0 Å². The van der Waals surface area contributed by atoms with Gasteiger partial charge in [0, 0.05) is 24.5 Å². The summed E-state index contributed by atoms with van der Waals surface area (Å²) in [6.45, 7) is 2.52. The molecule has 0 atom stereocenters. The second-order valence-corrected chi connectivity index (χ2v) is 7.66. The van der Waals surface area contributed by atoms with Crippen molar-refractivity contribution in [3.05, 3.63) is 65.7 Å². The molecular formula is C17H14Cl3N5. The van der Waals surface area contributed by atoms with Crippen molar-refractivity contribution in [2.75, 3.05) is 5.32 Å². The Balaban J connectivity index is 1.94. The van der Waals surface area contributed by atoms with E-state index in [1.54, 1.807) is 12.4 Å². The molecule has 0 saturated heterocycles. The van der Waals surface area contributed by atoms with Crippen LogP contribution < -0.4 is 5.32 Å². The van der Waals surface area contributed by atoms with E-state index in [1.165, 1.54) is 0 Å². The number of alkyl halides is 3. The molecule has 1 N–H and O–H groups in total. The number of benzene rings is 1. The lowest BCUT2D eigenvalue weighted by molar-refractivity contribution is 0.913. The number of hydrogen-bond acceptors (Lipinski definition) is 5. The Morgan fingerprint density at radius 3 is 2.24 bits per heavy atom. The summed E-state index contributed by atoms with van der Waals surface area (Å²) in [5, 5.41) is 3.13. The van der Waals surface area contributed by atoms with Gasteiger partial charge < -0.3 is 5.32 Å². The topological polar surface area (TPSA) is 63.6 Å². The molecule has 2 aromatic heterocycles. The Bertz CT molecular complexity index is 848. The lowest BCUT2D eigenvalue weighted by Gasteiger charge is -2.13. The van der Waals surface area contributed by atoms with Gasteiger partial charge in [0.25, 0.3) is 0 Å². The highest BCUT2D eigenvalue weighted by molar-refractivity contribution is 6.66. The summed E-state index contributed by atoms with van der Waals surface area (Å²) in [5.41, 5.74) is 2.98. The monoisotopic (exact) mass is 393 g/mol. The van der Waals surface area contributed by atoms with Gasteiger partial charge in [-0.15, -0.1) is 0 Å². The van der Waals surface area contributed by atoms with E-state index in [1.807, 2.05) is 43.3 Å². The highest BCUT2D eigenvalue weighted by Gasteiger charge is 2.28. The minimum absolute atomic E-state index is 0.0697. The maximum absolute atomic E-state index is 5.97. The first-order chi connectivity index (χ1) is 11.9. The zero-order valence-electron chi connectivity index (χ0n) is 13.2. The fraction of sp³-hybridized carbons (Fsp3) is 0.176. The fourth-order valence-corrected chi connectivity index (χ4v) is 2.35. The Morgan fingerprint density at radius 1 is 0.920 bits per heavy atom. The molecule has 3 aromatic rings. The van der Waals surface area contributed by atoms with E-state index < -0.39 is 3.79 Å². The van der Waals surface area contributed by atoms with Gasteiger partial charge in [-0.2, -0.15) is 9.97 Å². The lowest BCUT2D eigenvalue weighted by atomic mass is 10.1. The third-order valence-corrected chi connectivity index (χ3v) is 3.91. The van der Waals surface area contributed by atoms with Crippen molar-refractivity contribution in [1.29, 1.82) is 0 Å². The van der Waals surface area contributed by atoms with Crippen molar-refractivity contribution >= 4 is 40.8 Å². The van der Waals surface area contributed by atoms with Crippen molar-refractivity contribution in [1.82, 2.24) is 19.9 Å². The van der Waals surface area contributed by atoms with Crippen LogP contribution in [-0.4, -0.2) is 19.9 Å². The number of pyridine rings is 1. The highest BCUT2D eigenvalue weighted by atomic mass is 35.6. The van der Waals surface area contributed by atoms with Gasteiger partial charge in [-0.1, -0.05) is 64.6 Å². The maximum atomic E-state index is 5.97. The van der Waals surface area contributed by atoms with Crippen molar-refractivity contribution in [3.8, 4) is 11.4 Å². The molecule has 2 heterocycles.